The molecule has 0 N–H and O–H groups in total. The number of likely N-dealkylation sites (tertiary alicyclic amines) is 1. The number of rotatable bonds is 8. The minimum atomic E-state index is -0.0891. The van der Waals surface area contributed by atoms with E-state index in [4.69, 9.17) is 4.74 Å². The van der Waals surface area contributed by atoms with Gasteiger partial charge in [-0.2, -0.15) is 0 Å². The maximum absolute atomic E-state index is 13.0. The number of ketones is 1. The van der Waals surface area contributed by atoms with Crippen LogP contribution in [0, 0.1) is 5.92 Å². The third kappa shape index (κ3) is 5.83. The lowest BCUT2D eigenvalue weighted by atomic mass is 9.89. The van der Waals surface area contributed by atoms with Gasteiger partial charge in [0.05, 0.1) is 6.04 Å². The Bertz CT molecular complexity index is 945. The largest absolute Gasteiger partial charge is 0.489 e. The Morgan fingerprint density at radius 2 is 1.45 bits per heavy atom. The number of ether oxygens (including phenoxy) is 1. The topological polar surface area (TPSA) is 29.5 Å². The van der Waals surface area contributed by atoms with Crippen LogP contribution in [-0.4, -0.2) is 29.8 Å². The van der Waals surface area contributed by atoms with E-state index in [1.54, 1.807) is 0 Å². The summed E-state index contributed by atoms with van der Waals surface area (Å²) in [5.74, 6) is 1.69. The molecule has 1 heterocycles. The molecule has 0 bridgehead atoms. The summed E-state index contributed by atoms with van der Waals surface area (Å²) in [5, 5.41) is 0. The van der Waals surface area contributed by atoms with Crippen LogP contribution >= 0.6 is 0 Å². The lowest BCUT2D eigenvalue weighted by Gasteiger charge is -2.35. The smallest absolute Gasteiger partial charge is 0.179 e. The molecule has 3 aromatic rings. The number of hydrogen-bond acceptors (Lipinski definition) is 3. The molecule has 0 amide bonds. The van der Waals surface area contributed by atoms with Crippen molar-refractivity contribution < 1.29 is 9.53 Å². The lowest BCUT2D eigenvalue weighted by molar-refractivity contribution is 0.0771. The van der Waals surface area contributed by atoms with Gasteiger partial charge in [0.1, 0.15) is 12.4 Å². The summed E-state index contributed by atoms with van der Waals surface area (Å²) >= 11 is 0. The molecule has 3 aromatic carbocycles. The zero-order valence-corrected chi connectivity index (χ0v) is 18.2. The number of carbonyl (C=O) groups excluding carboxylic acids is 1. The highest BCUT2D eigenvalue weighted by Gasteiger charge is 2.27. The van der Waals surface area contributed by atoms with Crippen LogP contribution in [0.2, 0.25) is 0 Å². The van der Waals surface area contributed by atoms with Crippen molar-refractivity contribution in [3.05, 3.63) is 102 Å². The average molecular weight is 414 g/mol. The van der Waals surface area contributed by atoms with E-state index in [9.17, 15) is 4.79 Å². The van der Waals surface area contributed by atoms with Gasteiger partial charge in [-0.3, -0.25) is 9.69 Å². The maximum atomic E-state index is 13.0. The molecule has 160 valence electrons. The molecule has 1 atom stereocenters. The zero-order valence-electron chi connectivity index (χ0n) is 18.2. The van der Waals surface area contributed by atoms with Gasteiger partial charge in [-0.05, 0) is 80.6 Å². The molecule has 1 aliphatic rings. The molecule has 3 nitrogen and oxygen atoms in total. The van der Waals surface area contributed by atoms with Crippen molar-refractivity contribution in [2.75, 3.05) is 13.1 Å². The van der Waals surface area contributed by atoms with Gasteiger partial charge in [0.25, 0.3) is 0 Å². The van der Waals surface area contributed by atoms with E-state index in [2.05, 4.69) is 35.2 Å². The van der Waals surface area contributed by atoms with Crippen LogP contribution in [0.25, 0.3) is 0 Å². The summed E-state index contributed by atoms with van der Waals surface area (Å²) in [6.45, 7) is 4.55. The number of benzene rings is 3. The Hall–Kier alpha value is -2.91. The van der Waals surface area contributed by atoms with Crippen molar-refractivity contribution in [3.63, 3.8) is 0 Å². The Kier molecular flexibility index (Phi) is 7.16. The van der Waals surface area contributed by atoms with Crippen LogP contribution < -0.4 is 4.74 Å². The van der Waals surface area contributed by atoms with Crippen LogP contribution in [0.3, 0.4) is 0 Å². The summed E-state index contributed by atoms with van der Waals surface area (Å²) in [7, 11) is 0. The van der Waals surface area contributed by atoms with E-state index in [0.29, 0.717) is 12.5 Å². The van der Waals surface area contributed by atoms with E-state index >= 15 is 0 Å². The molecule has 0 aliphatic carbocycles. The van der Waals surface area contributed by atoms with Crippen LogP contribution in [0.15, 0.2) is 84.9 Å². The Morgan fingerprint density at radius 3 is 2.06 bits per heavy atom. The molecule has 0 saturated carbocycles. The van der Waals surface area contributed by atoms with Gasteiger partial charge in [0, 0.05) is 5.56 Å². The first kappa shape index (κ1) is 21.3. The molecule has 0 radical (unpaired) electrons. The normalized spacial score (nSPS) is 16.0. The van der Waals surface area contributed by atoms with Crippen molar-refractivity contribution in [2.24, 2.45) is 5.92 Å². The lowest BCUT2D eigenvalue weighted by Crippen LogP contribution is -2.44. The average Bonchev–Trinajstić information content (AvgIpc) is 2.84. The molecule has 31 heavy (non-hydrogen) atoms. The minimum absolute atomic E-state index is 0.0891. The fraction of sp³-hybridized carbons (Fsp3) is 0.321. The van der Waals surface area contributed by atoms with Gasteiger partial charge in [0.15, 0.2) is 5.78 Å². The summed E-state index contributed by atoms with van der Waals surface area (Å²) in [6, 6.07) is 28.3. The first-order valence-electron chi connectivity index (χ1n) is 11.3. The zero-order chi connectivity index (χ0) is 21.5. The standard InChI is InChI=1S/C28H31NO2/c1-22(29-18-16-24(17-19-29)20-23-8-4-2-5-9-23)28(30)26-12-14-27(15-13-26)31-21-25-10-6-3-7-11-25/h2-15,22,24H,16-21H2,1H3. The number of nitrogens with zero attached hydrogens (tertiary/aromatic N) is 1. The number of hydrogen-bond donors (Lipinski definition) is 0. The highest BCUT2D eigenvalue weighted by molar-refractivity contribution is 5.99. The molecule has 4 rings (SSSR count). The van der Waals surface area contributed by atoms with Crippen LogP contribution in [-0.2, 0) is 13.0 Å². The van der Waals surface area contributed by atoms with Crippen molar-refractivity contribution in [1.82, 2.24) is 4.90 Å². The van der Waals surface area contributed by atoms with Crippen LogP contribution in [0.5, 0.6) is 5.75 Å². The number of piperidine rings is 1. The molecule has 1 saturated heterocycles. The van der Waals surface area contributed by atoms with E-state index in [1.165, 1.54) is 5.56 Å². The van der Waals surface area contributed by atoms with Gasteiger partial charge in [0.2, 0.25) is 0 Å². The predicted molar refractivity (Wildman–Crippen MR) is 125 cm³/mol. The maximum Gasteiger partial charge on any atom is 0.179 e. The summed E-state index contributed by atoms with van der Waals surface area (Å²) in [4.78, 5) is 15.4. The molecular formula is C28H31NO2. The van der Waals surface area contributed by atoms with Crippen molar-refractivity contribution >= 4 is 5.78 Å². The summed E-state index contributed by atoms with van der Waals surface area (Å²) in [6.07, 6.45) is 3.44. The molecular weight excluding hydrogens is 382 g/mol. The summed E-state index contributed by atoms with van der Waals surface area (Å²) < 4.78 is 5.84. The Labute approximate surface area is 185 Å². The number of carbonyl (C=O) groups is 1. The van der Waals surface area contributed by atoms with Crippen molar-refractivity contribution in [3.8, 4) is 5.75 Å². The van der Waals surface area contributed by atoms with E-state index in [-0.39, 0.29) is 11.8 Å². The van der Waals surface area contributed by atoms with Crippen molar-refractivity contribution in [2.45, 2.75) is 38.8 Å². The quantitative estimate of drug-likeness (QED) is 0.438. The molecule has 0 aromatic heterocycles. The van der Waals surface area contributed by atoms with E-state index in [0.717, 1.165) is 49.2 Å². The monoisotopic (exact) mass is 413 g/mol. The van der Waals surface area contributed by atoms with E-state index in [1.807, 2.05) is 61.5 Å². The highest BCUT2D eigenvalue weighted by atomic mass is 16.5. The van der Waals surface area contributed by atoms with Gasteiger partial charge >= 0.3 is 0 Å². The van der Waals surface area contributed by atoms with Gasteiger partial charge in [-0.15, -0.1) is 0 Å². The molecule has 1 aliphatic heterocycles. The fourth-order valence-corrected chi connectivity index (χ4v) is 4.36. The number of Topliss-reactive ketones (excluding diaryl/α,β-unsaturated/α-hetero) is 1. The van der Waals surface area contributed by atoms with E-state index < -0.39 is 0 Å². The molecule has 0 spiro atoms. The van der Waals surface area contributed by atoms with Crippen molar-refractivity contribution in [1.29, 1.82) is 0 Å². The van der Waals surface area contributed by atoms with Crippen LogP contribution in [0.4, 0.5) is 0 Å². The third-order valence-corrected chi connectivity index (χ3v) is 6.33. The second kappa shape index (κ2) is 10.4. The SMILES string of the molecule is CC(C(=O)c1ccc(OCc2ccccc2)cc1)N1CCC(Cc2ccccc2)CC1. The second-order valence-corrected chi connectivity index (χ2v) is 8.51. The predicted octanol–water partition coefficient (Wildman–Crippen LogP) is 5.79. The highest BCUT2D eigenvalue weighted by Crippen LogP contribution is 2.24. The third-order valence-electron chi connectivity index (χ3n) is 6.33. The van der Waals surface area contributed by atoms with Gasteiger partial charge < -0.3 is 4.74 Å². The Balaban J connectivity index is 1.27. The molecule has 3 heteroatoms. The summed E-state index contributed by atoms with van der Waals surface area (Å²) in [5.41, 5.74) is 3.30. The van der Waals surface area contributed by atoms with Crippen LogP contribution in [0.1, 0.15) is 41.3 Å². The van der Waals surface area contributed by atoms with Gasteiger partial charge in [-0.1, -0.05) is 60.7 Å². The minimum Gasteiger partial charge on any atom is -0.489 e. The fourth-order valence-electron chi connectivity index (χ4n) is 4.36. The molecule has 1 unspecified atom stereocenters. The first-order chi connectivity index (χ1) is 15.2. The first-order valence-corrected chi connectivity index (χ1v) is 11.3. The Morgan fingerprint density at radius 1 is 0.871 bits per heavy atom. The second-order valence-electron chi connectivity index (χ2n) is 8.51. The van der Waals surface area contributed by atoms with Gasteiger partial charge in [-0.25, -0.2) is 0 Å². The molecule has 1 fully saturated rings.